The van der Waals surface area contributed by atoms with Crippen LogP contribution >= 0.6 is 0 Å². The van der Waals surface area contributed by atoms with E-state index in [9.17, 15) is 14.7 Å². The number of aryl methyl sites for hydroxylation is 1. The van der Waals surface area contributed by atoms with E-state index in [1.807, 2.05) is 0 Å². The third-order valence-corrected chi connectivity index (χ3v) is 2.36. The minimum atomic E-state index is -1.26. The van der Waals surface area contributed by atoms with Gasteiger partial charge in [-0.25, -0.2) is 0 Å². The molecule has 0 amide bonds. The normalized spacial score (nSPS) is 13.7. The number of benzene rings is 1. The van der Waals surface area contributed by atoms with E-state index in [4.69, 9.17) is 4.74 Å². The highest BCUT2D eigenvalue weighted by Crippen LogP contribution is 2.25. The van der Waals surface area contributed by atoms with Crippen LogP contribution in [0.15, 0.2) is 18.2 Å². The molecular formula is C11H9O4-. The van der Waals surface area contributed by atoms with Crippen molar-refractivity contribution in [2.24, 2.45) is 0 Å². The van der Waals surface area contributed by atoms with Crippen LogP contribution in [-0.4, -0.2) is 18.4 Å². The molecule has 0 saturated carbocycles. The molecule has 15 heavy (non-hydrogen) atoms. The molecule has 0 aliphatic heterocycles. The monoisotopic (exact) mass is 205 g/mol. The van der Waals surface area contributed by atoms with Crippen LogP contribution in [0.1, 0.15) is 22.3 Å². The highest BCUT2D eigenvalue weighted by Gasteiger charge is 2.19. The highest BCUT2D eigenvalue weighted by molar-refractivity contribution is 6.00. The van der Waals surface area contributed by atoms with E-state index in [-0.39, 0.29) is 5.78 Å². The van der Waals surface area contributed by atoms with Gasteiger partial charge in [0.15, 0.2) is 5.78 Å². The van der Waals surface area contributed by atoms with Gasteiger partial charge in [0.25, 0.3) is 0 Å². The number of hydrogen-bond donors (Lipinski definition) is 0. The summed E-state index contributed by atoms with van der Waals surface area (Å²) in [6, 6.07) is 4.99. The maximum atomic E-state index is 11.3. The first kappa shape index (κ1) is 9.71. The van der Waals surface area contributed by atoms with Gasteiger partial charge >= 0.3 is 0 Å². The summed E-state index contributed by atoms with van der Waals surface area (Å²) in [6.07, 6.45) is 1.23. The SMILES string of the molecule is O=C([O-])COc1ccc2c(c1)CCC2=O. The van der Waals surface area contributed by atoms with Gasteiger partial charge in [-0.15, -0.1) is 0 Å². The van der Waals surface area contributed by atoms with Gasteiger partial charge in [-0.3, -0.25) is 4.79 Å². The molecule has 0 bridgehead atoms. The van der Waals surface area contributed by atoms with Crippen molar-refractivity contribution in [3.8, 4) is 5.75 Å². The van der Waals surface area contributed by atoms with Crippen molar-refractivity contribution < 1.29 is 19.4 Å². The maximum Gasteiger partial charge on any atom is 0.163 e. The molecule has 0 aromatic heterocycles. The van der Waals surface area contributed by atoms with Gasteiger partial charge in [0.05, 0.1) is 5.97 Å². The summed E-state index contributed by atoms with van der Waals surface area (Å²) in [4.78, 5) is 21.5. The van der Waals surface area contributed by atoms with Crippen LogP contribution in [0, 0.1) is 0 Å². The molecule has 1 aromatic carbocycles. The van der Waals surface area contributed by atoms with Crippen LogP contribution < -0.4 is 9.84 Å². The number of rotatable bonds is 3. The number of carboxylic acids is 1. The molecular weight excluding hydrogens is 196 g/mol. The molecule has 2 rings (SSSR count). The van der Waals surface area contributed by atoms with Crippen LogP contribution in [0.4, 0.5) is 0 Å². The smallest absolute Gasteiger partial charge is 0.163 e. The van der Waals surface area contributed by atoms with Crippen molar-refractivity contribution in [1.29, 1.82) is 0 Å². The van der Waals surface area contributed by atoms with E-state index < -0.39 is 12.6 Å². The Hall–Kier alpha value is -1.84. The maximum absolute atomic E-state index is 11.3. The first-order valence-electron chi connectivity index (χ1n) is 4.65. The van der Waals surface area contributed by atoms with E-state index in [0.29, 0.717) is 18.6 Å². The molecule has 0 heterocycles. The summed E-state index contributed by atoms with van der Waals surface area (Å²) in [7, 11) is 0. The van der Waals surface area contributed by atoms with Crippen molar-refractivity contribution >= 4 is 11.8 Å². The zero-order chi connectivity index (χ0) is 10.8. The van der Waals surface area contributed by atoms with Crippen LogP contribution in [0.2, 0.25) is 0 Å². The fourth-order valence-corrected chi connectivity index (χ4v) is 1.66. The van der Waals surface area contributed by atoms with Crippen LogP contribution in [0.3, 0.4) is 0 Å². The lowest BCUT2D eigenvalue weighted by atomic mass is 10.1. The Morgan fingerprint density at radius 2 is 2.20 bits per heavy atom. The fourth-order valence-electron chi connectivity index (χ4n) is 1.66. The largest absolute Gasteiger partial charge is 0.546 e. The summed E-state index contributed by atoms with van der Waals surface area (Å²) in [6.45, 7) is -0.466. The number of ether oxygens (including phenoxy) is 1. The molecule has 4 nitrogen and oxygen atoms in total. The lowest BCUT2D eigenvalue weighted by molar-refractivity contribution is -0.307. The Bertz CT molecular complexity index is 423. The van der Waals surface area contributed by atoms with Crippen LogP contribution in [0.25, 0.3) is 0 Å². The molecule has 0 saturated heterocycles. The van der Waals surface area contributed by atoms with E-state index >= 15 is 0 Å². The molecule has 0 unspecified atom stereocenters. The molecule has 0 fully saturated rings. The zero-order valence-corrected chi connectivity index (χ0v) is 7.99. The molecule has 1 aliphatic carbocycles. The lowest BCUT2D eigenvalue weighted by Gasteiger charge is -2.07. The Kier molecular flexibility index (Phi) is 2.41. The summed E-state index contributed by atoms with van der Waals surface area (Å²) in [5.74, 6) is -0.657. The molecule has 1 aromatic rings. The number of aliphatic carboxylic acids is 1. The second kappa shape index (κ2) is 3.73. The number of carboxylic acid groups (broad SMARTS) is 1. The summed E-state index contributed by atoms with van der Waals surface area (Å²) in [5, 5.41) is 10.2. The Morgan fingerprint density at radius 3 is 2.93 bits per heavy atom. The number of Topliss-reactive ketones (excluding diaryl/α,β-unsaturated/α-hetero) is 1. The standard InChI is InChI=1S/C11H10O4/c12-10-4-1-7-5-8(2-3-9(7)10)15-6-11(13)14/h2-3,5H,1,4,6H2,(H,13,14)/p-1. The van der Waals surface area contributed by atoms with Crippen molar-refractivity contribution in [3.05, 3.63) is 29.3 Å². The van der Waals surface area contributed by atoms with Gasteiger partial charge in [0.2, 0.25) is 0 Å². The van der Waals surface area contributed by atoms with E-state index in [0.717, 1.165) is 11.1 Å². The minimum Gasteiger partial charge on any atom is -0.546 e. The van der Waals surface area contributed by atoms with Crippen LogP contribution in [-0.2, 0) is 11.2 Å². The first-order valence-corrected chi connectivity index (χ1v) is 4.65. The van der Waals surface area contributed by atoms with Gasteiger partial charge in [-0.2, -0.15) is 0 Å². The minimum absolute atomic E-state index is 0.136. The van der Waals surface area contributed by atoms with E-state index in [2.05, 4.69) is 0 Å². The highest BCUT2D eigenvalue weighted by atomic mass is 16.5. The van der Waals surface area contributed by atoms with E-state index in [1.54, 1.807) is 18.2 Å². The Labute approximate surface area is 86.5 Å². The quantitative estimate of drug-likeness (QED) is 0.693. The topological polar surface area (TPSA) is 66.4 Å². The molecule has 0 spiro atoms. The summed E-state index contributed by atoms with van der Waals surface area (Å²) >= 11 is 0. The van der Waals surface area contributed by atoms with Gasteiger partial charge in [-0.1, -0.05) is 0 Å². The predicted molar refractivity (Wildman–Crippen MR) is 49.6 cm³/mol. The molecule has 0 atom stereocenters. The van der Waals surface area contributed by atoms with E-state index in [1.165, 1.54) is 0 Å². The third-order valence-electron chi connectivity index (χ3n) is 2.36. The number of hydrogen-bond acceptors (Lipinski definition) is 4. The van der Waals surface area contributed by atoms with Gasteiger partial charge < -0.3 is 14.6 Å². The molecule has 0 radical (unpaired) electrons. The van der Waals surface area contributed by atoms with Crippen molar-refractivity contribution in [2.75, 3.05) is 6.61 Å². The fraction of sp³-hybridized carbons (Fsp3) is 0.273. The third kappa shape index (κ3) is 1.98. The molecule has 4 heteroatoms. The molecule has 1 aliphatic rings. The summed E-state index contributed by atoms with van der Waals surface area (Å²) < 4.78 is 4.95. The predicted octanol–water partition coefficient (Wildman–Crippen LogP) is -0.0558. The average molecular weight is 205 g/mol. The Balaban J connectivity index is 2.16. The van der Waals surface area contributed by atoms with Crippen molar-refractivity contribution in [3.63, 3.8) is 0 Å². The first-order chi connectivity index (χ1) is 7.16. The van der Waals surface area contributed by atoms with Crippen molar-refractivity contribution in [2.45, 2.75) is 12.8 Å². The second-order valence-corrected chi connectivity index (χ2v) is 3.40. The van der Waals surface area contributed by atoms with Gasteiger partial charge in [0.1, 0.15) is 12.4 Å². The average Bonchev–Trinajstić information content (AvgIpc) is 2.57. The van der Waals surface area contributed by atoms with Crippen LogP contribution in [0.5, 0.6) is 5.75 Å². The van der Waals surface area contributed by atoms with Crippen molar-refractivity contribution in [1.82, 2.24) is 0 Å². The second-order valence-electron chi connectivity index (χ2n) is 3.40. The summed E-state index contributed by atoms with van der Waals surface area (Å²) in [5.41, 5.74) is 1.65. The number of fused-ring (bicyclic) bond motifs is 1. The van der Waals surface area contributed by atoms with Gasteiger partial charge in [0, 0.05) is 12.0 Å². The zero-order valence-electron chi connectivity index (χ0n) is 7.99. The number of carbonyl (C=O) groups is 2. The lowest BCUT2D eigenvalue weighted by Crippen LogP contribution is -2.28. The molecule has 0 N–H and O–H groups in total. The number of ketones is 1. The Morgan fingerprint density at radius 1 is 1.40 bits per heavy atom. The number of carbonyl (C=O) groups excluding carboxylic acids is 2. The molecule has 78 valence electrons. The van der Waals surface area contributed by atoms with Gasteiger partial charge in [-0.05, 0) is 30.2 Å².